The van der Waals surface area contributed by atoms with Crippen molar-refractivity contribution in [3.63, 3.8) is 0 Å². The molecule has 15 heavy (non-hydrogen) atoms. The van der Waals surface area contributed by atoms with Gasteiger partial charge in [0, 0.05) is 12.1 Å². The van der Waals surface area contributed by atoms with Crippen molar-refractivity contribution < 1.29 is 4.74 Å². The number of nitrogen functional groups attached to an aromatic ring is 1. The minimum absolute atomic E-state index is 0.435. The van der Waals surface area contributed by atoms with Gasteiger partial charge in [0.25, 0.3) is 0 Å². The highest BCUT2D eigenvalue weighted by atomic mass is 16.5. The van der Waals surface area contributed by atoms with Gasteiger partial charge in [-0.25, -0.2) is 0 Å². The van der Waals surface area contributed by atoms with Gasteiger partial charge in [0.2, 0.25) is 0 Å². The smallest absolute Gasteiger partial charge is 0.121 e. The maximum Gasteiger partial charge on any atom is 0.121 e. The summed E-state index contributed by atoms with van der Waals surface area (Å²) in [4.78, 5) is 0. The Hall–Kier alpha value is -1.38. The number of benzene rings is 1. The first-order valence-corrected chi connectivity index (χ1v) is 5.37. The van der Waals surface area contributed by atoms with Crippen LogP contribution in [-0.4, -0.2) is 13.2 Å². The van der Waals surface area contributed by atoms with E-state index in [1.165, 1.54) is 0 Å². The molecule has 0 spiro atoms. The van der Waals surface area contributed by atoms with Gasteiger partial charge in [-0.3, -0.25) is 0 Å². The second-order valence-corrected chi connectivity index (χ2v) is 3.79. The van der Waals surface area contributed by atoms with Crippen molar-refractivity contribution in [2.45, 2.75) is 32.7 Å². The molecule has 0 aliphatic carbocycles. The van der Waals surface area contributed by atoms with Gasteiger partial charge in [0.05, 0.1) is 18.5 Å². The molecule has 3 nitrogen and oxygen atoms in total. The molecule has 0 heterocycles. The van der Waals surface area contributed by atoms with E-state index in [1.807, 2.05) is 18.2 Å². The second kappa shape index (κ2) is 5.49. The molecular formula is C12H20N2O. The van der Waals surface area contributed by atoms with Crippen LogP contribution in [0.5, 0.6) is 5.75 Å². The summed E-state index contributed by atoms with van der Waals surface area (Å²) in [6.45, 7) is 4.33. The number of nitrogens with two attached hydrogens (primary N) is 1. The minimum atomic E-state index is 0.435. The summed E-state index contributed by atoms with van der Waals surface area (Å²) in [6.07, 6.45) is 2.30. The Morgan fingerprint density at radius 2 is 2.20 bits per heavy atom. The van der Waals surface area contributed by atoms with E-state index >= 15 is 0 Å². The Morgan fingerprint density at radius 1 is 1.47 bits per heavy atom. The highest BCUT2D eigenvalue weighted by molar-refractivity contribution is 5.68. The Balaban J connectivity index is 2.74. The third kappa shape index (κ3) is 3.35. The predicted molar refractivity (Wildman–Crippen MR) is 65.4 cm³/mol. The number of methoxy groups -OCH3 is 1. The number of ether oxygens (including phenoxy) is 1. The van der Waals surface area contributed by atoms with Crippen molar-refractivity contribution in [3.8, 4) is 5.75 Å². The fourth-order valence-corrected chi connectivity index (χ4v) is 1.56. The number of hydrogen-bond donors (Lipinski definition) is 2. The first-order valence-electron chi connectivity index (χ1n) is 5.37. The summed E-state index contributed by atoms with van der Waals surface area (Å²) in [7, 11) is 1.66. The van der Waals surface area contributed by atoms with Gasteiger partial charge in [-0.15, -0.1) is 0 Å². The highest BCUT2D eigenvalue weighted by Crippen LogP contribution is 2.25. The van der Waals surface area contributed by atoms with Gasteiger partial charge in [0.15, 0.2) is 0 Å². The van der Waals surface area contributed by atoms with Crippen molar-refractivity contribution in [1.82, 2.24) is 0 Å². The standard InChI is InChI=1S/C12H20N2O/c1-4-5-9(2)14-12-8-10(15-3)6-7-11(12)13/h6-9,14H,4-5,13H2,1-3H3. The van der Waals surface area contributed by atoms with Gasteiger partial charge >= 0.3 is 0 Å². The largest absolute Gasteiger partial charge is 0.497 e. The first kappa shape index (κ1) is 11.7. The minimum Gasteiger partial charge on any atom is -0.497 e. The van der Waals surface area contributed by atoms with E-state index in [-0.39, 0.29) is 0 Å². The molecule has 1 atom stereocenters. The Morgan fingerprint density at radius 3 is 2.80 bits per heavy atom. The molecule has 1 rings (SSSR count). The summed E-state index contributed by atoms with van der Waals surface area (Å²) in [5.41, 5.74) is 7.59. The van der Waals surface area contributed by atoms with Gasteiger partial charge < -0.3 is 15.8 Å². The molecule has 1 aromatic rings. The van der Waals surface area contributed by atoms with Crippen LogP contribution < -0.4 is 15.8 Å². The van der Waals surface area contributed by atoms with Crippen LogP contribution in [0.25, 0.3) is 0 Å². The molecule has 84 valence electrons. The lowest BCUT2D eigenvalue weighted by molar-refractivity contribution is 0.415. The summed E-state index contributed by atoms with van der Waals surface area (Å²) in [5, 5.41) is 3.38. The topological polar surface area (TPSA) is 47.3 Å². The van der Waals surface area contributed by atoms with Crippen molar-refractivity contribution in [1.29, 1.82) is 0 Å². The highest BCUT2D eigenvalue weighted by Gasteiger charge is 2.05. The molecule has 0 aromatic heterocycles. The van der Waals surface area contributed by atoms with Crippen LogP contribution in [0, 0.1) is 0 Å². The lowest BCUT2D eigenvalue weighted by Gasteiger charge is -2.16. The van der Waals surface area contributed by atoms with Crippen LogP contribution in [-0.2, 0) is 0 Å². The van der Waals surface area contributed by atoms with Crippen LogP contribution in [0.2, 0.25) is 0 Å². The molecule has 1 aromatic carbocycles. The van der Waals surface area contributed by atoms with Gasteiger partial charge in [-0.05, 0) is 25.5 Å². The normalized spacial score (nSPS) is 12.2. The zero-order valence-corrected chi connectivity index (χ0v) is 9.71. The summed E-state index contributed by atoms with van der Waals surface area (Å²) < 4.78 is 5.16. The molecule has 0 aliphatic heterocycles. The number of anilines is 2. The number of nitrogens with one attached hydrogen (secondary N) is 1. The van der Waals surface area contributed by atoms with E-state index in [0.717, 1.165) is 30.0 Å². The van der Waals surface area contributed by atoms with Gasteiger partial charge in [-0.1, -0.05) is 13.3 Å². The zero-order chi connectivity index (χ0) is 11.3. The molecule has 0 bridgehead atoms. The molecule has 0 saturated carbocycles. The lowest BCUT2D eigenvalue weighted by atomic mass is 10.1. The Kier molecular flexibility index (Phi) is 4.28. The van der Waals surface area contributed by atoms with Crippen LogP contribution in [0.15, 0.2) is 18.2 Å². The SMILES string of the molecule is CCCC(C)Nc1cc(OC)ccc1N. The van der Waals surface area contributed by atoms with Crippen molar-refractivity contribution >= 4 is 11.4 Å². The van der Waals surface area contributed by atoms with E-state index < -0.39 is 0 Å². The zero-order valence-electron chi connectivity index (χ0n) is 9.71. The maximum absolute atomic E-state index is 5.87. The third-order valence-corrected chi connectivity index (χ3v) is 2.38. The Labute approximate surface area is 91.6 Å². The molecule has 3 heteroatoms. The van der Waals surface area contributed by atoms with E-state index in [1.54, 1.807) is 7.11 Å². The third-order valence-electron chi connectivity index (χ3n) is 2.38. The molecule has 0 fully saturated rings. The average molecular weight is 208 g/mol. The van der Waals surface area contributed by atoms with E-state index in [4.69, 9.17) is 10.5 Å². The lowest BCUT2D eigenvalue weighted by Crippen LogP contribution is -2.15. The fourth-order valence-electron chi connectivity index (χ4n) is 1.56. The van der Waals surface area contributed by atoms with Crippen LogP contribution in [0.3, 0.4) is 0 Å². The van der Waals surface area contributed by atoms with E-state index in [0.29, 0.717) is 6.04 Å². The monoisotopic (exact) mass is 208 g/mol. The number of rotatable bonds is 5. The first-order chi connectivity index (χ1) is 7.17. The van der Waals surface area contributed by atoms with Crippen molar-refractivity contribution in [2.24, 2.45) is 0 Å². The maximum atomic E-state index is 5.87. The van der Waals surface area contributed by atoms with Crippen molar-refractivity contribution in [3.05, 3.63) is 18.2 Å². The van der Waals surface area contributed by atoms with Gasteiger partial charge in [0.1, 0.15) is 5.75 Å². The molecule has 0 amide bonds. The molecule has 3 N–H and O–H groups in total. The summed E-state index contributed by atoms with van der Waals surface area (Å²) in [6, 6.07) is 6.09. The average Bonchev–Trinajstić information content (AvgIpc) is 2.21. The van der Waals surface area contributed by atoms with Crippen molar-refractivity contribution in [2.75, 3.05) is 18.2 Å². The molecule has 0 aliphatic rings. The molecule has 0 saturated heterocycles. The summed E-state index contributed by atoms with van der Waals surface area (Å²) in [5.74, 6) is 0.829. The Bertz CT molecular complexity index is 312. The predicted octanol–water partition coefficient (Wildman–Crippen LogP) is 2.88. The molecule has 0 radical (unpaired) electrons. The van der Waals surface area contributed by atoms with Crippen LogP contribution >= 0.6 is 0 Å². The fraction of sp³-hybridized carbons (Fsp3) is 0.500. The van der Waals surface area contributed by atoms with Crippen LogP contribution in [0.4, 0.5) is 11.4 Å². The van der Waals surface area contributed by atoms with E-state index in [9.17, 15) is 0 Å². The number of hydrogen-bond acceptors (Lipinski definition) is 3. The molecule has 1 unspecified atom stereocenters. The quantitative estimate of drug-likeness (QED) is 0.731. The van der Waals surface area contributed by atoms with Gasteiger partial charge in [-0.2, -0.15) is 0 Å². The molecular weight excluding hydrogens is 188 g/mol. The summed E-state index contributed by atoms with van der Waals surface area (Å²) >= 11 is 0. The van der Waals surface area contributed by atoms with Crippen LogP contribution in [0.1, 0.15) is 26.7 Å². The second-order valence-electron chi connectivity index (χ2n) is 3.79. The van der Waals surface area contributed by atoms with E-state index in [2.05, 4.69) is 19.2 Å².